The van der Waals surface area contributed by atoms with Crippen LogP contribution in [-0.2, 0) is 4.79 Å². The number of anilines is 1. The second-order valence-corrected chi connectivity index (χ2v) is 8.55. The van der Waals surface area contributed by atoms with Gasteiger partial charge >= 0.3 is 0 Å². The van der Waals surface area contributed by atoms with Gasteiger partial charge in [-0.15, -0.1) is 0 Å². The van der Waals surface area contributed by atoms with Crippen LogP contribution in [0.1, 0.15) is 30.1 Å². The highest BCUT2D eigenvalue weighted by atomic mass is 32.2. The van der Waals surface area contributed by atoms with Crippen LogP contribution in [-0.4, -0.2) is 47.4 Å². The highest BCUT2D eigenvalue weighted by Gasteiger charge is 2.34. The van der Waals surface area contributed by atoms with E-state index in [0.29, 0.717) is 17.3 Å². The van der Waals surface area contributed by atoms with E-state index in [1.807, 2.05) is 36.4 Å². The molecule has 0 unspecified atom stereocenters. The van der Waals surface area contributed by atoms with Gasteiger partial charge in [-0.3, -0.25) is 9.59 Å². The van der Waals surface area contributed by atoms with Crippen molar-refractivity contribution in [1.29, 1.82) is 0 Å². The Hall–Kier alpha value is -2.38. The van der Waals surface area contributed by atoms with E-state index in [4.69, 9.17) is 0 Å². The Balaban J connectivity index is 1.37. The fourth-order valence-electron chi connectivity index (χ4n) is 3.91. The van der Waals surface area contributed by atoms with Crippen LogP contribution in [0.2, 0.25) is 0 Å². The predicted octanol–water partition coefficient (Wildman–Crippen LogP) is 3.02. The largest absolute Gasteiger partial charge is 0.348 e. The number of nitrogens with one attached hydrogen (secondary N) is 2. The summed E-state index contributed by atoms with van der Waals surface area (Å²) in [7, 11) is 0. The molecule has 28 heavy (non-hydrogen) atoms. The number of piperidine rings is 3. The Morgan fingerprint density at radius 3 is 2.50 bits per heavy atom. The Morgan fingerprint density at radius 2 is 1.86 bits per heavy atom. The predicted molar refractivity (Wildman–Crippen MR) is 110 cm³/mol. The molecule has 2 amide bonds. The molecule has 1 atom stereocenters. The summed E-state index contributed by atoms with van der Waals surface area (Å²) in [5.74, 6) is 1.01. The van der Waals surface area contributed by atoms with Crippen LogP contribution < -0.4 is 10.6 Å². The Labute approximate surface area is 169 Å². The van der Waals surface area contributed by atoms with Gasteiger partial charge in [-0.25, -0.2) is 4.98 Å². The topological polar surface area (TPSA) is 74.3 Å². The molecular formula is C21H24N4O2S. The van der Waals surface area contributed by atoms with Gasteiger partial charge in [0, 0.05) is 41.1 Å². The molecule has 3 aliphatic rings. The normalized spacial score (nSPS) is 23.2. The van der Waals surface area contributed by atoms with E-state index in [1.54, 1.807) is 18.0 Å². The number of carbonyl (C=O) groups is 2. The molecule has 0 saturated carbocycles. The van der Waals surface area contributed by atoms with E-state index in [2.05, 4.69) is 20.5 Å². The minimum atomic E-state index is -0.145. The molecule has 1 aromatic carbocycles. The first-order chi connectivity index (χ1) is 13.6. The minimum Gasteiger partial charge on any atom is -0.348 e. The third kappa shape index (κ3) is 4.54. The lowest BCUT2D eigenvalue weighted by molar-refractivity contribution is -0.114. The van der Waals surface area contributed by atoms with E-state index in [-0.39, 0.29) is 17.9 Å². The molecule has 1 aromatic heterocycles. The SMILES string of the molecule is CC(=O)Nc1cc(Sc2ccc(C(=O)N[C@H]3CN4CCC3CC4)cc2)ccn1. The zero-order valence-corrected chi connectivity index (χ0v) is 16.7. The molecule has 2 bridgehead atoms. The van der Waals surface area contributed by atoms with E-state index >= 15 is 0 Å². The van der Waals surface area contributed by atoms with Crippen LogP contribution >= 0.6 is 11.8 Å². The zero-order chi connectivity index (χ0) is 19.5. The summed E-state index contributed by atoms with van der Waals surface area (Å²) in [6.45, 7) is 4.77. The van der Waals surface area contributed by atoms with Gasteiger partial charge in [0.15, 0.2) is 0 Å². The van der Waals surface area contributed by atoms with Crippen molar-refractivity contribution >= 4 is 29.4 Å². The van der Waals surface area contributed by atoms with Crippen molar-refractivity contribution in [1.82, 2.24) is 15.2 Å². The van der Waals surface area contributed by atoms with E-state index in [0.717, 1.165) is 16.3 Å². The number of carbonyl (C=O) groups excluding carboxylic acids is 2. The van der Waals surface area contributed by atoms with Crippen molar-refractivity contribution in [2.75, 3.05) is 25.0 Å². The van der Waals surface area contributed by atoms with Crippen LogP contribution in [0.3, 0.4) is 0 Å². The van der Waals surface area contributed by atoms with Crippen LogP contribution in [0.15, 0.2) is 52.4 Å². The number of aromatic nitrogens is 1. The van der Waals surface area contributed by atoms with Gasteiger partial charge in [-0.1, -0.05) is 11.8 Å². The maximum absolute atomic E-state index is 12.6. The van der Waals surface area contributed by atoms with Crippen LogP contribution in [0.4, 0.5) is 5.82 Å². The number of benzene rings is 1. The number of nitrogens with zero attached hydrogens (tertiary/aromatic N) is 2. The van der Waals surface area contributed by atoms with Gasteiger partial charge in [0.05, 0.1) is 0 Å². The number of hydrogen-bond acceptors (Lipinski definition) is 5. The summed E-state index contributed by atoms with van der Waals surface area (Å²) in [6.07, 6.45) is 4.04. The molecule has 5 rings (SSSR count). The molecule has 7 heteroatoms. The van der Waals surface area contributed by atoms with Crippen molar-refractivity contribution in [3.05, 3.63) is 48.2 Å². The molecule has 2 aromatic rings. The molecule has 0 radical (unpaired) electrons. The first-order valence-electron chi connectivity index (χ1n) is 9.61. The van der Waals surface area contributed by atoms with Gasteiger partial charge in [0.2, 0.25) is 5.91 Å². The lowest BCUT2D eigenvalue weighted by Gasteiger charge is -2.44. The molecule has 3 aliphatic heterocycles. The summed E-state index contributed by atoms with van der Waals surface area (Å²) in [4.78, 5) is 32.4. The van der Waals surface area contributed by atoms with E-state index < -0.39 is 0 Å². The molecule has 146 valence electrons. The lowest BCUT2D eigenvalue weighted by atomic mass is 9.84. The molecule has 3 fully saturated rings. The van der Waals surface area contributed by atoms with Gasteiger partial charge in [-0.05, 0) is 68.2 Å². The summed E-state index contributed by atoms with van der Waals surface area (Å²) >= 11 is 1.57. The summed E-state index contributed by atoms with van der Waals surface area (Å²) < 4.78 is 0. The maximum atomic E-state index is 12.6. The quantitative estimate of drug-likeness (QED) is 0.813. The van der Waals surface area contributed by atoms with E-state index in [9.17, 15) is 9.59 Å². The van der Waals surface area contributed by atoms with Crippen LogP contribution in [0.5, 0.6) is 0 Å². The number of fused-ring (bicyclic) bond motifs is 3. The first kappa shape index (κ1) is 19.0. The van der Waals surface area contributed by atoms with Gasteiger partial charge in [0.25, 0.3) is 5.91 Å². The Kier molecular flexibility index (Phi) is 5.64. The monoisotopic (exact) mass is 396 g/mol. The van der Waals surface area contributed by atoms with Crippen molar-refractivity contribution in [2.45, 2.75) is 35.6 Å². The summed E-state index contributed by atoms with van der Waals surface area (Å²) in [5, 5.41) is 5.91. The second-order valence-electron chi connectivity index (χ2n) is 7.40. The van der Waals surface area contributed by atoms with Gasteiger partial charge in [0.1, 0.15) is 5.82 Å². The lowest BCUT2D eigenvalue weighted by Crippen LogP contribution is -2.57. The summed E-state index contributed by atoms with van der Waals surface area (Å²) in [6, 6.07) is 11.6. The number of hydrogen-bond donors (Lipinski definition) is 2. The fourth-order valence-corrected chi connectivity index (χ4v) is 4.76. The van der Waals surface area contributed by atoms with Crippen molar-refractivity contribution in [2.24, 2.45) is 5.92 Å². The molecule has 6 nitrogen and oxygen atoms in total. The Bertz CT molecular complexity index is 863. The molecule has 4 heterocycles. The van der Waals surface area contributed by atoms with Crippen LogP contribution in [0.25, 0.3) is 0 Å². The molecule has 3 saturated heterocycles. The molecule has 2 N–H and O–H groups in total. The number of rotatable bonds is 5. The van der Waals surface area contributed by atoms with Crippen LogP contribution in [0, 0.1) is 5.92 Å². The first-order valence-corrected chi connectivity index (χ1v) is 10.4. The highest BCUT2D eigenvalue weighted by Crippen LogP contribution is 2.30. The third-order valence-corrected chi connectivity index (χ3v) is 6.36. The van der Waals surface area contributed by atoms with Crippen molar-refractivity contribution in [3.8, 4) is 0 Å². The molecule has 0 spiro atoms. The molecule has 0 aliphatic carbocycles. The highest BCUT2D eigenvalue weighted by molar-refractivity contribution is 7.99. The smallest absolute Gasteiger partial charge is 0.251 e. The Morgan fingerprint density at radius 1 is 1.11 bits per heavy atom. The average molecular weight is 397 g/mol. The second kappa shape index (κ2) is 8.32. The zero-order valence-electron chi connectivity index (χ0n) is 15.9. The van der Waals surface area contributed by atoms with Gasteiger partial charge < -0.3 is 15.5 Å². The van der Waals surface area contributed by atoms with E-state index in [1.165, 1.54) is 32.9 Å². The molecular weight excluding hydrogens is 372 g/mol. The maximum Gasteiger partial charge on any atom is 0.251 e. The standard InChI is InChI=1S/C21H24N4O2S/c1-14(26)23-20-12-18(6-9-22-20)28-17-4-2-16(3-5-17)21(27)24-19-13-25-10-7-15(19)8-11-25/h2-6,9,12,15,19H,7-8,10-11,13H2,1H3,(H,24,27)(H,22,23,26)/t19-/m0/s1. The number of amides is 2. The fraction of sp³-hybridized carbons (Fsp3) is 0.381. The van der Waals surface area contributed by atoms with Crippen molar-refractivity contribution in [3.63, 3.8) is 0 Å². The third-order valence-electron chi connectivity index (χ3n) is 5.36. The minimum absolute atomic E-state index is 0.00663. The number of pyridine rings is 1. The average Bonchev–Trinajstić information content (AvgIpc) is 2.69. The van der Waals surface area contributed by atoms with Gasteiger partial charge in [-0.2, -0.15) is 0 Å². The van der Waals surface area contributed by atoms with Crippen molar-refractivity contribution < 1.29 is 9.59 Å². The summed E-state index contributed by atoms with van der Waals surface area (Å²) in [5.41, 5.74) is 0.689.